The standard InChI is InChI=1S/C10H14FNS/c11-9(5-12)8-6-13-10-4-2-1-3-7(8)10/h6,9H,1-5,12H2. The number of alkyl halides is 1. The highest BCUT2D eigenvalue weighted by Crippen LogP contribution is 2.34. The van der Waals surface area contributed by atoms with Crippen LogP contribution >= 0.6 is 11.3 Å². The summed E-state index contributed by atoms with van der Waals surface area (Å²) in [6.45, 7) is 0.114. The second kappa shape index (κ2) is 3.76. The average molecular weight is 199 g/mol. The molecule has 1 aliphatic rings. The Labute approximate surface area is 81.8 Å². The molecule has 3 heteroatoms. The normalized spacial score (nSPS) is 18.3. The summed E-state index contributed by atoms with van der Waals surface area (Å²) in [6.07, 6.45) is 3.70. The molecule has 1 nitrogen and oxygen atoms in total. The van der Waals surface area contributed by atoms with Crippen molar-refractivity contribution in [2.24, 2.45) is 5.73 Å². The fourth-order valence-corrected chi connectivity index (χ4v) is 3.09. The summed E-state index contributed by atoms with van der Waals surface area (Å²) in [7, 11) is 0. The molecule has 1 aromatic heterocycles. The van der Waals surface area contributed by atoms with E-state index in [1.807, 2.05) is 5.38 Å². The van der Waals surface area contributed by atoms with Crippen LogP contribution < -0.4 is 5.73 Å². The summed E-state index contributed by atoms with van der Waals surface area (Å²) in [5.41, 5.74) is 7.45. The van der Waals surface area contributed by atoms with E-state index in [9.17, 15) is 4.39 Å². The molecule has 1 unspecified atom stereocenters. The van der Waals surface area contributed by atoms with E-state index in [0.29, 0.717) is 0 Å². The van der Waals surface area contributed by atoms with Crippen molar-refractivity contribution in [2.75, 3.05) is 6.54 Å². The number of rotatable bonds is 2. The number of hydrogen-bond acceptors (Lipinski definition) is 2. The van der Waals surface area contributed by atoms with Crippen LogP contribution in [0.25, 0.3) is 0 Å². The van der Waals surface area contributed by atoms with Gasteiger partial charge in [0.05, 0.1) is 0 Å². The summed E-state index contributed by atoms with van der Waals surface area (Å²) >= 11 is 1.70. The maximum Gasteiger partial charge on any atom is 0.138 e. The van der Waals surface area contributed by atoms with Crippen LogP contribution in [0.5, 0.6) is 0 Å². The van der Waals surface area contributed by atoms with Crippen LogP contribution in [0, 0.1) is 0 Å². The molecule has 0 radical (unpaired) electrons. The lowest BCUT2D eigenvalue weighted by Crippen LogP contribution is -2.10. The molecule has 0 saturated carbocycles. The highest BCUT2D eigenvalue weighted by Gasteiger charge is 2.20. The molecule has 0 bridgehead atoms. The second-order valence-corrected chi connectivity index (χ2v) is 4.47. The van der Waals surface area contributed by atoms with Crippen molar-refractivity contribution in [3.05, 3.63) is 21.4 Å². The van der Waals surface area contributed by atoms with Gasteiger partial charge in [0.1, 0.15) is 6.17 Å². The number of hydrogen-bond donors (Lipinski definition) is 1. The number of fused-ring (bicyclic) bond motifs is 1. The Morgan fingerprint density at radius 1 is 1.46 bits per heavy atom. The lowest BCUT2D eigenvalue weighted by atomic mass is 9.94. The lowest BCUT2D eigenvalue weighted by Gasteiger charge is -2.13. The molecule has 0 spiro atoms. The van der Waals surface area contributed by atoms with E-state index in [2.05, 4.69) is 0 Å². The van der Waals surface area contributed by atoms with Gasteiger partial charge in [0.15, 0.2) is 0 Å². The first-order valence-corrected chi connectivity index (χ1v) is 5.64. The summed E-state index contributed by atoms with van der Waals surface area (Å²) in [6, 6.07) is 0. The van der Waals surface area contributed by atoms with E-state index < -0.39 is 6.17 Å². The minimum Gasteiger partial charge on any atom is -0.327 e. The Hall–Kier alpha value is -0.410. The first kappa shape index (κ1) is 9.16. The van der Waals surface area contributed by atoms with Crippen molar-refractivity contribution in [1.29, 1.82) is 0 Å². The van der Waals surface area contributed by atoms with Gasteiger partial charge in [-0.25, -0.2) is 4.39 Å². The van der Waals surface area contributed by atoms with Crippen LogP contribution in [-0.4, -0.2) is 6.54 Å². The third kappa shape index (κ3) is 1.63. The Morgan fingerprint density at radius 3 is 3.00 bits per heavy atom. The van der Waals surface area contributed by atoms with E-state index in [1.165, 1.54) is 23.3 Å². The lowest BCUT2D eigenvalue weighted by molar-refractivity contribution is 0.351. The predicted molar refractivity (Wildman–Crippen MR) is 53.9 cm³/mol. The topological polar surface area (TPSA) is 26.0 Å². The van der Waals surface area contributed by atoms with Crippen LogP contribution in [0.3, 0.4) is 0 Å². The number of halogens is 1. The van der Waals surface area contributed by atoms with Gasteiger partial charge in [-0.1, -0.05) is 0 Å². The van der Waals surface area contributed by atoms with E-state index in [1.54, 1.807) is 11.3 Å². The second-order valence-electron chi connectivity index (χ2n) is 3.50. The highest BCUT2D eigenvalue weighted by atomic mass is 32.1. The number of aryl methyl sites for hydroxylation is 1. The van der Waals surface area contributed by atoms with Crippen LogP contribution in [0.2, 0.25) is 0 Å². The van der Waals surface area contributed by atoms with E-state index in [0.717, 1.165) is 18.4 Å². The Kier molecular flexibility index (Phi) is 2.65. The smallest absolute Gasteiger partial charge is 0.138 e. The van der Waals surface area contributed by atoms with Crippen LogP contribution in [-0.2, 0) is 12.8 Å². The molecule has 72 valence electrons. The minimum atomic E-state index is -0.946. The van der Waals surface area contributed by atoms with E-state index in [-0.39, 0.29) is 6.54 Å². The van der Waals surface area contributed by atoms with Gasteiger partial charge in [-0.15, -0.1) is 11.3 Å². The molecule has 2 N–H and O–H groups in total. The zero-order valence-electron chi connectivity index (χ0n) is 7.55. The molecule has 0 amide bonds. The zero-order valence-corrected chi connectivity index (χ0v) is 8.37. The van der Waals surface area contributed by atoms with Gasteiger partial charge in [-0.3, -0.25) is 0 Å². The zero-order chi connectivity index (χ0) is 9.26. The summed E-state index contributed by atoms with van der Waals surface area (Å²) < 4.78 is 13.4. The fraction of sp³-hybridized carbons (Fsp3) is 0.600. The Morgan fingerprint density at radius 2 is 2.23 bits per heavy atom. The predicted octanol–water partition coefficient (Wildman–Crippen LogP) is 2.60. The number of nitrogens with two attached hydrogens (primary N) is 1. The monoisotopic (exact) mass is 199 g/mol. The molecule has 1 aliphatic carbocycles. The van der Waals surface area contributed by atoms with Crippen molar-refractivity contribution in [3.8, 4) is 0 Å². The van der Waals surface area contributed by atoms with Crippen molar-refractivity contribution in [2.45, 2.75) is 31.9 Å². The van der Waals surface area contributed by atoms with Crippen LogP contribution in [0.15, 0.2) is 5.38 Å². The molecular weight excluding hydrogens is 185 g/mol. The largest absolute Gasteiger partial charge is 0.327 e. The first-order chi connectivity index (χ1) is 6.33. The third-order valence-electron chi connectivity index (χ3n) is 2.64. The molecule has 0 aromatic carbocycles. The molecule has 0 fully saturated rings. The fourth-order valence-electron chi connectivity index (χ4n) is 1.91. The van der Waals surface area contributed by atoms with Crippen molar-refractivity contribution in [1.82, 2.24) is 0 Å². The van der Waals surface area contributed by atoms with Crippen molar-refractivity contribution in [3.63, 3.8) is 0 Å². The molecule has 1 aromatic rings. The quantitative estimate of drug-likeness (QED) is 0.778. The van der Waals surface area contributed by atoms with Gasteiger partial charge in [0.2, 0.25) is 0 Å². The maximum absolute atomic E-state index is 13.4. The first-order valence-electron chi connectivity index (χ1n) is 4.76. The Bertz CT molecular complexity index is 295. The Balaban J connectivity index is 2.31. The molecular formula is C10H14FNS. The van der Waals surface area contributed by atoms with Gasteiger partial charge in [0.25, 0.3) is 0 Å². The number of thiophene rings is 1. The SMILES string of the molecule is NCC(F)c1csc2c1CCCC2. The third-order valence-corrected chi connectivity index (χ3v) is 3.75. The summed E-state index contributed by atoms with van der Waals surface area (Å²) in [4.78, 5) is 1.39. The van der Waals surface area contributed by atoms with E-state index in [4.69, 9.17) is 5.73 Å². The van der Waals surface area contributed by atoms with Gasteiger partial charge in [-0.2, -0.15) is 0 Å². The highest BCUT2D eigenvalue weighted by molar-refractivity contribution is 7.10. The summed E-state index contributed by atoms with van der Waals surface area (Å²) in [5.74, 6) is 0. The van der Waals surface area contributed by atoms with Crippen molar-refractivity contribution < 1.29 is 4.39 Å². The van der Waals surface area contributed by atoms with Crippen molar-refractivity contribution >= 4 is 11.3 Å². The molecule has 0 saturated heterocycles. The molecule has 0 aliphatic heterocycles. The summed E-state index contributed by atoms with van der Waals surface area (Å²) in [5, 5.41) is 1.95. The maximum atomic E-state index is 13.4. The molecule has 13 heavy (non-hydrogen) atoms. The molecule has 2 rings (SSSR count). The molecule has 1 atom stereocenters. The minimum absolute atomic E-state index is 0.114. The average Bonchev–Trinajstić information content (AvgIpc) is 2.60. The van der Waals surface area contributed by atoms with Gasteiger partial charge in [-0.05, 0) is 36.6 Å². The van der Waals surface area contributed by atoms with Crippen LogP contribution in [0.1, 0.15) is 35.0 Å². The molecule has 1 heterocycles. The van der Waals surface area contributed by atoms with E-state index >= 15 is 0 Å². The van der Waals surface area contributed by atoms with Gasteiger partial charge in [0, 0.05) is 17.0 Å². The van der Waals surface area contributed by atoms with Gasteiger partial charge < -0.3 is 5.73 Å². The van der Waals surface area contributed by atoms with Crippen LogP contribution in [0.4, 0.5) is 4.39 Å². The van der Waals surface area contributed by atoms with Gasteiger partial charge >= 0.3 is 0 Å².